The largest absolute Gasteiger partial charge is 0.497 e. The van der Waals surface area contributed by atoms with Gasteiger partial charge in [-0.3, -0.25) is 9.59 Å². The molecule has 9 heteroatoms. The van der Waals surface area contributed by atoms with Crippen molar-refractivity contribution in [3.8, 4) is 5.75 Å². The fourth-order valence-electron chi connectivity index (χ4n) is 3.68. The summed E-state index contributed by atoms with van der Waals surface area (Å²) in [7, 11) is 1.61. The minimum Gasteiger partial charge on any atom is -0.497 e. The van der Waals surface area contributed by atoms with Crippen molar-refractivity contribution in [3.05, 3.63) is 35.7 Å². The molecule has 3 rings (SSSR count). The van der Waals surface area contributed by atoms with Crippen LogP contribution in [0, 0.1) is 12.8 Å². The number of nitrogens with zero attached hydrogens (tertiary/aromatic N) is 5. The lowest BCUT2D eigenvalue weighted by Gasteiger charge is -2.34. The second-order valence-electron chi connectivity index (χ2n) is 7.18. The van der Waals surface area contributed by atoms with Gasteiger partial charge in [-0.05, 0) is 53.8 Å². The molecule has 2 amide bonds. The Balaban J connectivity index is 1.77. The van der Waals surface area contributed by atoms with Crippen molar-refractivity contribution in [2.45, 2.75) is 38.6 Å². The molecule has 0 bridgehead atoms. The molecule has 1 aliphatic rings. The molecule has 0 unspecified atom stereocenters. The van der Waals surface area contributed by atoms with Crippen molar-refractivity contribution in [1.82, 2.24) is 25.1 Å². The van der Waals surface area contributed by atoms with Gasteiger partial charge in [-0.25, -0.2) is 4.68 Å². The summed E-state index contributed by atoms with van der Waals surface area (Å²) in [6.45, 7) is 2.99. The molecule has 1 atom stereocenters. The third-order valence-electron chi connectivity index (χ3n) is 5.22. The zero-order valence-electron chi connectivity index (χ0n) is 16.2. The lowest BCUT2D eigenvalue weighted by atomic mass is 9.92. The molecule has 9 nitrogen and oxygen atoms in total. The van der Waals surface area contributed by atoms with Crippen LogP contribution in [0.3, 0.4) is 0 Å². The van der Waals surface area contributed by atoms with Gasteiger partial charge < -0.3 is 15.4 Å². The predicted octanol–water partition coefficient (Wildman–Crippen LogP) is 0.888. The second kappa shape index (κ2) is 8.81. The maximum Gasteiger partial charge on any atom is 0.247 e. The summed E-state index contributed by atoms with van der Waals surface area (Å²) in [5, 5.41) is 11.7. The highest BCUT2D eigenvalue weighted by Gasteiger charge is 2.31. The predicted molar refractivity (Wildman–Crippen MR) is 101 cm³/mol. The second-order valence-corrected chi connectivity index (χ2v) is 7.18. The first-order valence-electron chi connectivity index (χ1n) is 9.42. The summed E-state index contributed by atoms with van der Waals surface area (Å²) in [4.78, 5) is 26.3. The molecule has 1 fully saturated rings. The van der Waals surface area contributed by atoms with Crippen LogP contribution in [0.4, 0.5) is 0 Å². The van der Waals surface area contributed by atoms with E-state index >= 15 is 0 Å². The van der Waals surface area contributed by atoms with Gasteiger partial charge in [0.2, 0.25) is 11.8 Å². The van der Waals surface area contributed by atoms with E-state index < -0.39 is 6.04 Å². The molecule has 1 aromatic heterocycles. The number of aromatic nitrogens is 4. The highest BCUT2D eigenvalue weighted by atomic mass is 16.5. The molecule has 150 valence electrons. The zero-order chi connectivity index (χ0) is 20.1. The molecule has 0 saturated carbocycles. The number of carbonyl (C=O) groups is 2. The average Bonchev–Trinajstić information content (AvgIpc) is 3.11. The van der Waals surface area contributed by atoms with Crippen LogP contribution in [-0.4, -0.2) is 57.1 Å². The number of piperidine rings is 1. The number of amides is 2. The van der Waals surface area contributed by atoms with Crippen LogP contribution in [0.2, 0.25) is 0 Å². The standard InChI is InChI=1S/C19H26N6O3/c1-13-21-22-23-25(13)17(11-15-4-3-5-16(10-15)28-2)19(27)24-8-6-14(7-9-24)12-18(20)26/h3-5,10,14,17H,6-9,11-12H2,1-2H3,(H2,20,26)/t17-/m1/s1. The van der Waals surface area contributed by atoms with Crippen LogP contribution < -0.4 is 10.5 Å². The quantitative estimate of drug-likeness (QED) is 0.755. The summed E-state index contributed by atoms with van der Waals surface area (Å²) in [6, 6.07) is 7.11. The number of hydrogen-bond acceptors (Lipinski definition) is 6. The number of ether oxygens (including phenoxy) is 1. The number of aryl methyl sites for hydroxylation is 1. The Hall–Kier alpha value is -2.97. The first-order chi connectivity index (χ1) is 13.5. The first kappa shape index (κ1) is 19.8. The Morgan fingerprint density at radius 3 is 2.68 bits per heavy atom. The van der Waals surface area contributed by atoms with Crippen molar-refractivity contribution >= 4 is 11.8 Å². The van der Waals surface area contributed by atoms with E-state index in [4.69, 9.17) is 10.5 Å². The van der Waals surface area contributed by atoms with E-state index in [1.54, 1.807) is 18.7 Å². The van der Waals surface area contributed by atoms with Crippen molar-refractivity contribution in [3.63, 3.8) is 0 Å². The van der Waals surface area contributed by atoms with Crippen LogP contribution in [0.1, 0.15) is 36.7 Å². The van der Waals surface area contributed by atoms with Gasteiger partial charge >= 0.3 is 0 Å². The number of benzene rings is 1. The number of primary amides is 1. The van der Waals surface area contributed by atoms with Gasteiger partial charge in [0.15, 0.2) is 0 Å². The number of nitrogens with two attached hydrogens (primary N) is 1. The molecule has 28 heavy (non-hydrogen) atoms. The first-order valence-corrected chi connectivity index (χ1v) is 9.42. The lowest BCUT2D eigenvalue weighted by molar-refractivity contribution is -0.136. The highest BCUT2D eigenvalue weighted by molar-refractivity contribution is 5.81. The molecular formula is C19H26N6O3. The van der Waals surface area contributed by atoms with E-state index in [0.717, 1.165) is 24.2 Å². The Morgan fingerprint density at radius 1 is 1.32 bits per heavy atom. The molecule has 2 N–H and O–H groups in total. The average molecular weight is 386 g/mol. The van der Waals surface area contributed by atoms with Crippen molar-refractivity contribution in [1.29, 1.82) is 0 Å². The summed E-state index contributed by atoms with van der Waals surface area (Å²) in [5.41, 5.74) is 6.27. The number of likely N-dealkylation sites (tertiary alicyclic amines) is 1. The topological polar surface area (TPSA) is 116 Å². The number of methoxy groups -OCH3 is 1. The fraction of sp³-hybridized carbons (Fsp3) is 0.526. The molecule has 0 radical (unpaired) electrons. The normalized spacial score (nSPS) is 16.0. The monoisotopic (exact) mass is 386 g/mol. The SMILES string of the molecule is COc1cccc(C[C@H](C(=O)N2CCC(CC(N)=O)CC2)n2nnnc2C)c1. The molecule has 0 spiro atoms. The molecule has 1 saturated heterocycles. The number of carbonyl (C=O) groups excluding carboxylic acids is 2. The van der Waals surface area contributed by atoms with Crippen LogP contribution in [-0.2, 0) is 16.0 Å². The van der Waals surface area contributed by atoms with Gasteiger partial charge in [-0.15, -0.1) is 5.10 Å². The van der Waals surface area contributed by atoms with E-state index in [-0.39, 0.29) is 17.7 Å². The Morgan fingerprint density at radius 2 is 2.07 bits per heavy atom. The Bertz CT molecular complexity index is 829. The van der Waals surface area contributed by atoms with E-state index in [0.29, 0.717) is 31.8 Å². The van der Waals surface area contributed by atoms with Gasteiger partial charge in [0.05, 0.1) is 7.11 Å². The van der Waals surface area contributed by atoms with Crippen LogP contribution in [0.15, 0.2) is 24.3 Å². The summed E-state index contributed by atoms with van der Waals surface area (Å²) < 4.78 is 6.87. The third kappa shape index (κ3) is 4.65. The summed E-state index contributed by atoms with van der Waals surface area (Å²) in [6.07, 6.45) is 2.38. The highest BCUT2D eigenvalue weighted by Crippen LogP contribution is 2.25. The van der Waals surface area contributed by atoms with Crippen LogP contribution >= 0.6 is 0 Å². The van der Waals surface area contributed by atoms with Gasteiger partial charge in [0, 0.05) is 25.9 Å². The smallest absolute Gasteiger partial charge is 0.247 e. The molecule has 1 aromatic carbocycles. The van der Waals surface area contributed by atoms with E-state index in [9.17, 15) is 9.59 Å². The van der Waals surface area contributed by atoms with Crippen LogP contribution in [0.5, 0.6) is 5.75 Å². The Labute approximate surface area is 163 Å². The van der Waals surface area contributed by atoms with Gasteiger partial charge in [0.25, 0.3) is 0 Å². The maximum atomic E-state index is 13.3. The summed E-state index contributed by atoms with van der Waals surface area (Å²) in [5.74, 6) is 1.27. The Kier molecular flexibility index (Phi) is 6.23. The maximum absolute atomic E-state index is 13.3. The fourth-order valence-corrected chi connectivity index (χ4v) is 3.68. The molecular weight excluding hydrogens is 360 g/mol. The summed E-state index contributed by atoms with van der Waals surface area (Å²) >= 11 is 0. The van der Waals surface area contributed by atoms with Crippen LogP contribution in [0.25, 0.3) is 0 Å². The number of tetrazole rings is 1. The van der Waals surface area contributed by atoms with E-state index in [1.165, 1.54) is 0 Å². The third-order valence-corrected chi connectivity index (χ3v) is 5.22. The van der Waals surface area contributed by atoms with Crippen molar-refractivity contribution < 1.29 is 14.3 Å². The van der Waals surface area contributed by atoms with E-state index in [1.807, 2.05) is 29.2 Å². The van der Waals surface area contributed by atoms with Gasteiger partial charge in [-0.2, -0.15) is 0 Å². The molecule has 1 aliphatic heterocycles. The van der Waals surface area contributed by atoms with Gasteiger partial charge in [0.1, 0.15) is 17.6 Å². The van der Waals surface area contributed by atoms with E-state index in [2.05, 4.69) is 15.5 Å². The minimum absolute atomic E-state index is 0.0178. The number of hydrogen-bond donors (Lipinski definition) is 1. The van der Waals surface area contributed by atoms with Crippen molar-refractivity contribution in [2.75, 3.05) is 20.2 Å². The zero-order valence-corrected chi connectivity index (χ0v) is 16.2. The molecule has 0 aliphatic carbocycles. The van der Waals surface area contributed by atoms with Gasteiger partial charge in [-0.1, -0.05) is 12.1 Å². The molecule has 2 aromatic rings. The number of rotatable bonds is 7. The minimum atomic E-state index is -0.533. The molecule has 2 heterocycles. The van der Waals surface area contributed by atoms with Crippen molar-refractivity contribution in [2.24, 2.45) is 11.7 Å². The lowest BCUT2D eigenvalue weighted by Crippen LogP contribution is -2.44.